The molecule has 135 heavy (non-hydrogen) atoms. The number of thiazole rings is 1. The third-order valence-corrected chi connectivity index (χ3v) is 23.7. The van der Waals surface area contributed by atoms with Crippen molar-refractivity contribution in [3.63, 3.8) is 0 Å². The van der Waals surface area contributed by atoms with Crippen LogP contribution in [0.2, 0.25) is 5.15 Å². The van der Waals surface area contributed by atoms with E-state index in [-0.39, 0.29) is 5.69 Å². The smallest absolute Gasteiger partial charge is 0.356 e. The Hall–Kier alpha value is -16.4. The number of nitriles is 4. The number of esters is 1. The SMILES string of the molecule is CCc1cnc(N(CCc2ccc(C)cc2)Cc2nncn2Cc2ccc(C#N)cc2)nc1.COC(=O)c1cc(C)nc(N(CCc2ccc(C)cc2)Cc2nncn2Cc2ccc(C#N)cc2)n1.Cc1ccc(CCN(Cc2nncn2Cc2ccc(C#N)cc2)c2nc3ccccc3s2)cc1.Cc1ccc(CCN(Cc2nncn2Cc2ccc(C#N)cc2)c2nccc(Cl)n2)cc1. The minimum Gasteiger partial charge on any atom is -0.464 e. The zero-order chi connectivity index (χ0) is 94.2. The van der Waals surface area contributed by atoms with Crippen LogP contribution in [0.1, 0.15) is 141 Å². The number of rotatable bonds is 34. The van der Waals surface area contributed by atoms with Gasteiger partial charge in [0.15, 0.2) is 34.1 Å². The molecule has 0 atom stereocenters. The zero-order valence-corrected chi connectivity index (χ0v) is 77.8. The van der Waals surface area contributed by atoms with Crippen molar-refractivity contribution >= 4 is 62.1 Å². The molecule has 0 amide bonds. The Morgan fingerprint density at radius 3 is 1.07 bits per heavy atom. The highest BCUT2D eigenvalue weighted by atomic mass is 35.5. The monoisotopic (exact) mass is 1830 g/mol. The summed E-state index contributed by atoms with van der Waals surface area (Å²) < 4.78 is 14.1. The molecule has 17 rings (SSSR count). The van der Waals surface area contributed by atoms with Crippen LogP contribution in [0.5, 0.6) is 0 Å². The molecule has 8 aromatic heterocycles. The second-order valence-electron chi connectivity index (χ2n) is 32.4. The highest BCUT2D eigenvalue weighted by Crippen LogP contribution is 2.31. The Kier molecular flexibility index (Phi) is 33.3. The Bertz CT molecular complexity index is 6850. The molecule has 0 aliphatic rings. The number of benzene rings is 9. The lowest BCUT2D eigenvalue weighted by Gasteiger charge is -2.23. The van der Waals surface area contributed by atoms with Crippen LogP contribution in [0.25, 0.3) is 10.2 Å². The Labute approximate surface area is 793 Å². The largest absolute Gasteiger partial charge is 0.464 e. The van der Waals surface area contributed by atoms with Gasteiger partial charge in [0.2, 0.25) is 17.8 Å². The molecule has 9 aromatic carbocycles. The van der Waals surface area contributed by atoms with Crippen LogP contribution in [-0.4, -0.2) is 133 Å². The van der Waals surface area contributed by atoms with Gasteiger partial charge in [-0.3, -0.25) is 0 Å². The van der Waals surface area contributed by atoms with Crippen molar-refractivity contribution in [1.29, 1.82) is 21.0 Å². The molecule has 0 unspecified atom stereocenters. The van der Waals surface area contributed by atoms with E-state index in [1.54, 1.807) is 67.1 Å². The lowest BCUT2D eigenvalue weighted by Crippen LogP contribution is -2.30. The summed E-state index contributed by atoms with van der Waals surface area (Å²) in [7, 11) is 1.33. The average Bonchev–Trinajstić information content (AvgIpc) is 1.78. The van der Waals surface area contributed by atoms with Gasteiger partial charge < -0.3 is 42.6 Å². The summed E-state index contributed by atoms with van der Waals surface area (Å²) in [6.45, 7) is 19.7. The van der Waals surface area contributed by atoms with Gasteiger partial charge in [0.25, 0.3) is 0 Å². The zero-order valence-electron chi connectivity index (χ0n) is 76.2. The Morgan fingerprint density at radius 2 is 0.726 bits per heavy atom. The van der Waals surface area contributed by atoms with Gasteiger partial charge in [-0.05, 0) is 190 Å². The van der Waals surface area contributed by atoms with E-state index < -0.39 is 5.97 Å². The van der Waals surface area contributed by atoms with Crippen LogP contribution in [0.4, 0.5) is 23.0 Å². The molecule has 29 nitrogen and oxygen atoms in total. The normalized spacial score (nSPS) is 10.7. The summed E-state index contributed by atoms with van der Waals surface area (Å²) in [4.78, 5) is 52.8. The van der Waals surface area contributed by atoms with E-state index in [1.165, 1.54) is 56.3 Å². The van der Waals surface area contributed by atoms with E-state index >= 15 is 0 Å². The number of halogens is 1. The van der Waals surface area contributed by atoms with Gasteiger partial charge in [0.1, 0.15) is 30.5 Å². The van der Waals surface area contributed by atoms with Crippen molar-refractivity contribution in [2.45, 2.75) is 126 Å². The number of aryl methyl sites for hydroxylation is 6. The lowest BCUT2D eigenvalue weighted by molar-refractivity contribution is 0.0593. The van der Waals surface area contributed by atoms with Crippen LogP contribution < -0.4 is 19.6 Å². The first-order valence-corrected chi connectivity index (χ1v) is 45.3. The van der Waals surface area contributed by atoms with Crippen molar-refractivity contribution < 1.29 is 9.53 Å². The molecule has 0 saturated heterocycles. The van der Waals surface area contributed by atoms with E-state index in [9.17, 15) is 4.79 Å². The number of fused-ring (bicyclic) bond motifs is 1. The second-order valence-corrected chi connectivity index (χ2v) is 33.8. The topological polar surface area (TPSA) is 347 Å². The van der Waals surface area contributed by atoms with E-state index in [2.05, 4.69) is 264 Å². The van der Waals surface area contributed by atoms with Gasteiger partial charge in [0, 0.05) is 50.5 Å². The summed E-state index contributed by atoms with van der Waals surface area (Å²) in [6.07, 6.45) is 16.6. The lowest BCUT2D eigenvalue weighted by atomic mass is 10.1. The first kappa shape index (κ1) is 94.7. The third kappa shape index (κ3) is 27.6. The van der Waals surface area contributed by atoms with Crippen LogP contribution in [0, 0.1) is 79.9 Å². The predicted molar refractivity (Wildman–Crippen MR) is 521 cm³/mol. The number of para-hydroxylation sites is 1. The summed E-state index contributed by atoms with van der Waals surface area (Å²) in [5.74, 6) is 4.40. The molecule has 17 aromatic rings. The summed E-state index contributed by atoms with van der Waals surface area (Å²) in [6, 6.07) is 84.5. The molecule has 0 spiro atoms. The molecule has 0 bridgehead atoms. The van der Waals surface area contributed by atoms with Crippen LogP contribution >= 0.6 is 22.9 Å². The quantitative estimate of drug-likeness (QED) is 0.0267. The number of nitrogens with zero attached hydrogens (tertiary/aromatic N) is 27. The molecule has 0 saturated carbocycles. The van der Waals surface area contributed by atoms with Gasteiger partial charge in [0.05, 0.1) is 116 Å². The number of hydrogen-bond acceptors (Lipinski definition) is 26. The van der Waals surface area contributed by atoms with Crippen LogP contribution in [0.15, 0.2) is 274 Å². The fourth-order valence-electron chi connectivity index (χ4n) is 14.5. The highest BCUT2D eigenvalue weighted by Gasteiger charge is 2.23. The number of anilines is 4. The van der Waals surface area contributed by atoms with Crippen molar-refractivity contribution in [1.82, 2.24) is 93.9 Å². The van der Waals surface area contributed by atoms with E-state index in [0.717, 1.165) is 107 Å². The minimum absolute atomic E-state index is 0.208. The molecule has 0 N–H and O–H groups in total. The molecule has 31 heteroatoms. The van der Waals surface area contributed by atoms with Gasteiger partial charge in [-0.1, -0.05) is 210 Å². The Morgan fingerprint density at radius 1 is 0.385 bits per heavy atom. The fourth-order valence-corrected chi connectivity index (χ4v) is 15.6. The van der Waals surface area contributed by atoms with Crippen molar-refractivity contribution in [3.8, 4) is 24.3 Å². The summed E-state index contributed by atoms with van der Waals surface area (Å²) in [5.41, 5.74) is 19.8. The molecule has 0 fully saturated rings. The summed E-state index contributed by atoms with van der Waals surface area (Å²) in [5, 5.41) is 71.6. The number of carbonyl (C=O) groups is 1. The van der Waals surface area contributed by atoms with Crippen molar-refractivity contribution in [2.75, 3.05) is 52.9 Å². The van der Waals surface area contributed by atoms with Gasteiger partial charge in [-0.15, -0.1) is 40.8 Å². The van der Waals surface area contributed by atoms with E-state index in [1.807, 2.05) is 129 Å². The molecular weight excluding hydrogens is 1730 g/mol. The van der Waals surface area contributed by atoms with Crippen molar-refractivity contribution in [3.05, 3.63) is 409 Å². The molecule has 676 valence electrons. The number of hydrogen-bond donors (Lipinski definition) is 0. The maximum absolute atomic E-state index is 12.2. The van der Waals surface area contributed by atoms with Crippen LogP contribution in [-0.2, 0) is 89.2 Å². The molecule has 0 aliphatic heterocycles. The van der Waals surface area contributed by atoms with Gasteiger partial charge >= 0.3 is 5.97 Å². The first-order valence-electron chi connectivity index (χ1n) is 44.1. The van der Waals surface area contributed by atoms with Crippen molar-refractivity contribution in [2.24, 2.45) is 0 Å². The van der Waals surface area contributed by atoms with E-state index in [0.29, 0.717) is 116 Å². The highest BCUT2D eigenvalue weighted by molar-refractivity contribution is 7.22. The van der Waals surface area contributed by atoms with Crippen LogP contribution in [0.3, 0.4) is 0 Å². The maximum atomic E-state index is 12.2. The predicted octanol–water partition coefficient (Wildman–Crippen LogP) is 17.3. The van der Waals surface area contributed by atoms with Gasteiger partial charge in [-0.2, -0.15) is 21.0 Å². The Balaban J connectivity index is 0.000000144. The van der Waals surface area contributed by atoms with Gasteiger partial charge in [-0.25, -0.2) is 39.7 Å². The standard InChI is InChI=1S/C27H27N7O2.C27H24N6S.C26H27N7.C24H22ClN7/c1-19-4-6-21(7-5-19)12-13-33(27-30-20(2)14-24(31-27)26(35)36-3)17-25-32-29-18-34(25)16-23-10-8-22(15-28)9-11-23;1-20-6-8-21(9-7-20)14-15-32(27-30-24-4-2-3-5-25(24)34-27)18-26-31-29-19-33(26)17-23-12-10-22(16-28)11-13-23;1-3-21-15-28-26(29-16-21)32(13-12-22-6-4-20(2)5-7-22)18-25-31-30-19-33(25)17-24-10-8-23(14-27)9-11-24;1-18-2-4-19(5-3-18)11-13-31(24-27-12-10-22(25)29-24)16-23-30-28-17-32(23)15-21-8-6-20(14-26)7-9-21/h4-11,14,18H,12-13,16-17H2,1-3H3;2-13,19H,14-15,17-18H2,1H3;4-11,15-16,19H,3,12-13,17-18H2,1-2H3;2-10,12,17H,11,13,15-16H2,1H3. The number of methoxy groups -OCH3 is 1. The fraction of sp³-hybridized carbons (Fsp3) is 0.231. The molecule has 8 heterocycles. The first-order chi connectivity index (χ1) is 65.9. The van der Waals surface area contributed by atoms with E-state index in [4.69, 9.17) is 42.4 Å². The number of ether oxygens (including phenoxy) is 1. The number of aromatic nitrogens is 19. The molecular formula is C104H100ClN27O2S. The maximum Gasteiger partial charge on any atom is 0.356 e. The summed E-state index contributed by atoms with van der Waals surface area (Å²) >= 11 is 7.84. The number of carbonyl (C=O) groups excluding carboxylic acids is 1. The minimum atomic E-state index is -0.510. The molecule has 0 aliphatic carbocycles. The average molecular weight is 1830 g/mol. The molecule has 0 radical (unpaired) electrons. The second kappa shape index (κ2) is 47.4. The third-order valence-electron chi connectivity index (χ3n) is 22.4.